The first-order valence-electron chi connectivity index (χ1n) is 6.11. The number of hydrogen-bond acceptors (Lipinski definition) is 3. The second-order valence-corrected chi connectivity index (χ2v) is 4.83. The summed E-state index contributed by atoms with van der Waals surface area (Å²) in [5.41, 5.74) is 5.67. The van der Waals surface area contributed by atoms with Crippen LogP contribution in [0.4, 0.5) is 23.2 Å². The minimum atomic E-state index is -1.86. The maximum Gasteiger partial charge on any atom is 0.228 e. The molecule has 0 atom stereocenters. The number of fused-ring (bicyclic) bond motifs is 1. The number of phenolic OH excluding ortho intramolecular Hbond substituents is 1. The first kappa shape index (κ1) is 15.2. The van der Waals surface area contributed by atoms with Gasteiger partial charge in [0.05, 0.1) is 11.1 Å². The minimum Gasteiger partial charge on any atom is -0.505 e. The number of alkyl halides is 1. The van der Waals surface area contributed by atoms with Crippen LogP contribution in [-0.4, -0.2) is 12.0 Å². The average molecular weight is 303 g/mol. The first-order chi connectivity index (χ1) is 9.81. The maximum atomic E-state index is 14.0. The molecule has 7 heteroatoms. The fourth-order valence-corrected chi connectivity index (χ4v) is 2.23. The normalized spacial score (nSPS) is 11.4. The SMILES string of the molecule is CC(C)c1cc(N)c(O)c2c(F)c(F)c(F)c(OCF)c12. The molecule has 0 fully saturated rings. The Bertz CT molecular complexity index is 716. The molecule has 3 nitrogen and oxygen atoms in total. The van der Waals surface area contributed by atoms with Crippen LogP contribution in [0.1, 0.15) is 25.3 Å². The number of anilines is 1. The zero-order valence-electron chi connectivity index (χ0n) is 11.3. The van der Waals surface area contributed by atoms with Crippen LogP contribution in [-0.2, 0) is 0 Å². The third kappa shape index (κ3) is 2.22. The smallest absolute Gasteiger partial charge is 0.228 e. The van der Waals surface area contributed by atoms with Crippen LogP contribution in [0.3, 0.4) is 0 Å². The number of nitrogen functional groups attached to an aromatic ring is 1. The van der Waals surface area contributed by atoms with E-state index in [9.17, 15) is 22.7 Å². The fourth-order valence-electron chi connectivity index (χ4n) is 2.23. The summed E-state index contributed by atoms with van der Waals surface area (Å²) in [5.74, 6) is -6.91. The lowest BCUT2D eigenvalue weighted by atomic mass is 9.93. The molecule has 21 heavy (non-hydrogen) atoms. The molecule has 0 amide bonds. The van der Waals surface area contributed by atoms with Gasteiger partial charge < -0.3 is 15.6 Å². The van der Waals surface area contributed by atoms with E-state index in [4.69, 9.17) is 5.73 Å². The standard InChI is InChI=1S/C14H13F4NO2/c1-5(2)6-3-7(19)13(20)9-8(6)14(21-4-15)12(18)11(17)10(9)16/h3,5,20H,4,19H2,1-2H3. The van der Waals surface area contributed by atoms with Gasteiger partial charge in [-0.15, -0.1) is 0 Å². The first-order valence-corrected chi connectivity index (χ1v) is 6.11. The lowest BCUT2D eigenvalue weighted by Gasteiger charge is -2.18. The van der Waals surface area contributed by atoms with Gasteiger partial charge in [-0.2, -0.15) is 4.39 Å². The molecule has 0 heterocycles. The van der Waals surface area contributed by atoms with E-state index in [1.54, 1.807) is 13.8 Å². The van der Waals surface area contributed by atoms with Gasteiger partial charge in [0, 0.05) is 5.39 Å². The molecule has 2 aromatic rings. The van der Waals surface area contributed by atoms with Crippen molar-refractivity contribution < 1.29 is 27.4 Å². The predicted molar refractivity (Wildman–Crippen MR) is 70.6 cm³/mol. The van der Waals surface area contributed by atoms with E-state index in [-0.39, 0.29) is 17.0 Å². The third-order valence-corrected chi connectivity index (χ3v) is 3.21. The van der Waals surface area contributed by atoms with Crippen molar-refractivity contribution in [2.45, 2.75) is 19.8 Å². The summed E-state index contributed by atoms with van der Waals surface area (Å²) in [4.78, 5) is 0. The van der Waals surface area contributed by atoms with Crippen molar-refractivity contribution in [3.63, 3.8) is 0 Å². The molecule has 0 unspecified atom stereocenters. The van der Waals surface area contributed by atoms with Crippen LogP contribution in [0, 0.1) is 17.5 Å². The molecule has 0 aromatic heterocycles. The molecule has 0 saturated carbocycles. The zero-order chi connectivity index (χ0) is 15.9. The highest BCUT2D eigenvalue weighted by Gasteiger charge is 2.27. The monoisotopic (exact) mass is 303 g/mol. The Kier molecular flexibility index (Phi) is 3.85. The highest BCUT2D eigenvalue weighted by atomic mass is 19.2. The Morgan fingerprint density at radius 3 is 2.29 bits per heavy atom. The van der Waals surface area contributed by atoms with Gasteiger partial charge in [-0.3, -0.25) is 0 Å². The third-order valence-electron chi connectivity index (χ3n) is 3.21. The fraction of sp³-hybridized carbons (Fsp3) is 0.286. The van der Waals surface area contributed by atoms with Crippen LogP contribution in [0.25, 0.3) is 10.8 Å². The van der Waals surface area contributed by atoms with Crippen molar-refractivity contribution >= 4 is 16.5 Å². The quantitative estimate of drug-likeness (QED) is 0.390. The second kappa shape index (κ2) is 5.31. The largest absolute Gasteiger partial charge is 0.505 e. The second-order valence-electron chi connectivity index (χ2n) is 4.83. The number of nitrogens with two attached hydrogens (primary N) is 1. The average Bonchev–Trinajstić information content (AvgIpc) is 2.43. The molecular formula is C14H13F4NO2. The summed E-state index contributed by atoms with van der Waals surface area (Å²) < 4.78 is 58.3. The Morgan fingerprint density at radius 2 is 1.76 bits per heavy atom. The molecule has 2 rings (SSSR count). The summed E-state index contributed by atoms with van der Waals surface area (Å²) >= 11 is 0. The molecule has 0 aliphatic carbocycles. The Labute approximate surface area is 117 Å². The van der Waals surface area contributed by atoms with Crippen molar-refractivity contribution in [3.05, 3.63) is 29.1 Å². The summed E-state index contributed by atoms with van der Waals surface area (Å²) in [6.45, 7) is 1.97. The van der Waals surface area contributed by atoms with Gasteiger partial charge in [-0.25, -0.2) is 13.2 Å². The van der Waals surface area contributed by atoms with E-state index >= 15 is 0 Å². The zero-order valence-corrected chi connectivity index (χ0v) is 11.3. The highest BCUT2D eigenvalue weighted by molar-refractivity contribution is 6.00. The van der Waals surface area contributed by atoms with E-state index in [2.05, 4.69) is 4.74 Å². The number of hydrogen-bond donors (Lipinski definition) is 2. The summed E-state index contributed by atoms with van der Waals surface area (Å²) in [6, 6.07) is 1.30. The number of phenols is 1. The van der Waals surface area contributed by atoms with Crippen LogP contribution in [0.2, 0.25) is 0 Å². The molecule has 0 spiro atoms. The van der Waals surface area contributed by atoms with Gasteiger partial charge in [0.25, 0.3) is 0 Å². The van der Waals surface area contributed by atoms with Crippen LogP contribution in [0.5, 0.6) is 11.5 Å². The van der Waals surface area contributed by atoms with E-state index < -0.39 is 41.2 Å². The van der Waals surface area contributed by atoms with Gasteiger partial charge >= 0.3 is 0 Å². The summed E-state index contributed by atoms with van der Waals surface area (Å²) in [6.07, 6.45) is 0. The van der Waals surface area contributed by atoms with Crippen LogP contribution in [0.15, 0.2) is 6.07 Å². The number of halogens is 4. The van der Waals surface area contributed by atoms with Crippen LogP contribution >= 0.6 is 0 Å². The molecule has 0 radical (unpaired) electrons. The lowest BCUT2D eigenvalue weighted by Crippen LogP contribution is -2.05. The van der Waals surface area contributed by atoms with Crippen molar-refractivity contribution in [2.75, 3.05) is 12.6 Å². The number of ether oxygens (including phenoxy) is 1. The van der Waals surface area contributed by atoms with Crippen molar-refractivity contribution in [3.8, 4) is 11.5 Å². The minimum absolute atomic E-state index is 0.192. The van der Waals surface area contributed by atoms with E-state index in [1.807, 2.05) is 0 Å². The number of rotatable bonds is 3. The van der Waals surface area contributed by atoms with Crippen molar-refractivity contribution in [1.82, 2.24) is 0 Å². The molecule has 2 aromatic carbocycles. The lowest BCUT2D eigenvalue weighted by molar-refractivity contribution is 0.184. The Hall–Kier alpha value is -2.18. The van der Waals surface area contributed by atoms with Gasteiger partial charge in [-0.1, -0.05) is 13.8 Å². The maximum absolute atomic E-state index is 14.0. The summed E-state index contributed by atoms with van der Waals surface area (Å²) in [7, 11) is 0. The van der Waals surface area contributed by atoms with Crippen molar-refractivity contribution in [1.29, 1.82) is 0 Å². The predicted octanol–water partition coefficient (Wildman–Crippen LogP) is 3.97. The topological polar surface area (TPSA) is 55.5 Å². The molecular weight excluding hydrogens is 290 g/mol. The number of aromatic hydroxyl groups is 1. The molecule has 3 N–H and O–H groups in total. The molecule has 0 aliphatic heterocycles. The van der Waals surface area contributed by atoms with Gasteiger partial charge in [-0.05, 0) is 17.5 Å². The van der Waals surface area contributed by atoms with E-state index in [1.165, 1.54) is 6.07 Å². The Balaban J connectivity index is 3.10. The molecule has 0 saturated heterocycles. The Morgan fingerprint density at radius 1 is 1.14 bits per heavy atom. The highest BCUT2D eigenvalue weighted by Crippen LogP contribution is 2.44. The van der Waals surface area contributed by atoms with E-state index in [0.29, 0.717) is 5.56 Å². The molecule has 0 aliphatic rings. The molecule has 0 bridgehead atoms. The number of benzene rings is 2. The van der Waals surface area contributed by atoms with Gasteiger partial charge in [0.15, 0.2) is 17.4 Å². The summed E-state index contributed by atoms with van der Waals surface area (Å²) in [5, 5.41) is 9.00. The van der Waals surface area contributed by atoms with Crippen LogP contribution < -0.4 is 10.5 Å². The van der Waals surface area contributed by atoms with Gasteiger partial charge in [0.1, 0.15) is 5.75 Å². The van der Waals surface area contributed by atoms with Crippen molar-refractivity contribution in [2.24, 2.45) is 0 Å². The van der Waals surface area contributed by atoms with E-state index in [0.717, 1.165) is 0 Å². The molecule has 114 valence electrons. The van der Waals surface area contributed by atoms with Gasteiger partial charge in [0.2, 0.25) is 12.7 Å².